The van der Waals surface area contributed by atoms with E-state index in [0.29, 0.717) is 12.8 Å². The Morgan fingerprint density at radius 3 is 1.68 bits per heavy atom. The normalized spacial score (nSPS) is 28.7. The molecule has 25 heavy (non-hydrogen) atoms. The first-order valence-corrected chi connectivity index (χ1v) is 7.38. The van der Waals surface area contributed by atoms with Gasteiger partial charge in [-0.3, -0.25) is 9.60 Å². The molecule has 0 aromatic carbocycles. The number of hydrogen-bond acceptors (Lipinski definition) is 2. The Morgan fingerprint density at radius 1 is 0.800 bits per heavy atom. The summed E-state index contributed by atoms with van der Waals surface area (Å²) in [4.78, 5) is 0.822. The van der Waals surface area contributed by atoms with Crippen LogP contribution in [0.2, 0.25) is 0 Å². The summed E-state index contributed by atoms with van der Waals surface area (Å²) in [7, 11) is 0. The molecule has 4 unspecified atom stereocenters. The van der Waals surface area contributed by atoms with E-state index in [4.69, 9.17) is 0 Å². The predicted molar refractivity (Wildman–Crippen MR) is 66.9 cm³/mol. The summed E-state index contributed by atoms with van der Waals surface area (Å²) in [5, 5.41) is 0. The number of ether oxygens (including phenoxy) is 1. The van der Waals surface area contributed by atoms with Crippen molar-refractivity contribution in [3.63, 3.8) is 0 Å². The van der Waals surface area contributed by atoms with E-state index in [2.05, 4.69) is 4.74 Å². The average molecular weight is 393 g/mol. The second kappa shape index (κ2) is 7.45. The van der Waals surface area contributed by atoms with E-state index in [1.165, 1.54) is 0 Å². The molecule has 2 aliphatic rings. The number of rotatable bonds is 5. The first-order chi connectivity index (χ1) is 10.9. The molecule has 2 heterocycles. The molecule has 2 fully saturated rings. The van der Waals surface area contributed by atoms with E-state index in [1.807, 2.05) is 0 Å². The highest BCUT2D eigenvalue weighted by Crippen LogP contribution is 2.45. The van der Waals surface area contributed by atoms with Crippen molar-refractivity contribution in [1.29, 1.82) is 0 Å². The zero-order chi connectivity index (χ0) is 18.3. The average Bonchev–Trinajstić information content (AvgIpc) is 3.15. The van der Waals surface area contributed by atoms with Crippen LogP contribution in [0.15, 0.2) is 0 Å². The van der Waals surface area contributed by atoms with Gasteiger partial charge in [0.1, 0.15) is 12.2 Å². The van der Waals surface area contributed by atoms with Crippen molar-refractivity contribution in [3.05, 3.63) is 0 Å². The SMILES string of the molecule is F.FC(N1CCCC1)C(F)(F)C1CCC(C(F)(F)C(F)C(F)(F)F)O1. The van der Waals surface area contributed by atoms with Crippen LogP contribution in [-0.4, -0.2) is 60.7 Å². The Bertz CT molecular complexity index is 437. The van der Waals surface area contributed by atoms with E-state index in [9.17, 15) is 39.5 Å². The Labute approximate surface area is 136 Å². The van der Waals surface area contributed by atoms with Crippen molar-refractivity contribution < 1.29 is 49.0 Å². The molecule has 0 saturated carbocycles. The molecule has 12 heteroatoms. The minimum absolute atomic E-state index is 0. The molecular formula is C13H17F10NO. The van der Waals surface area contributed by atoms with Gasteiger partial charge in [-0.25, -0.2) is 17.6 Å². The zero-order valence-corrected chi connectivity index (χ0v) is 12.7. The van der Waals surface area contributed by atoms with Gasteiger partial charge in [-0.15, -0.1) is 0 Å². The largest absolute Gasteiger partial charge is 0.425 e. The molecule has 0 radical (unpaired) electrons. The first kappa shape index (κ1) is 22.3. The summed E-state index contributed by atoms with van der Waals surface area (Å²) in [6, 6.07) is 0. The number of hydrogen-bond donors (Lipinski definition) is 0. The third kappa shape index (κ3) is 4.32. The summed E-state index contributed by atoms with van der Waals surface area (Å²) in [5.41, 5.74) is 0. The Morgan fingerprint density at radius 2 is 1.24 bits per heavy atom. The Balaban J connectivity index is 0.00000312. The van der Waals surface area contributed by atoms with Crippen LogP contribution in [0.5, 0.6) is 0 Å². The number of nitrogens with zero attached hydrogens (tertiary/aromatic N) is 1. The second-order valence-electron chi connectivity index (χ2n) is 6.02. The standard InChI is InChI=1S/C13H16F9NO.FH/c14-9(13(20,21)22)11(16,17)7-3-4-8(24-7)12(18,19)10(15)23-5-1-2-6-23;/h7-10H,1-6H2;1H. The Kier molecular flexibility index (Phi) is 6.64. The van der Waals surface area contributed by atoms with E-state index in [0.717, 1.165) is 4.90 Å². The molecule has 0 aromatic rings. The summed E-state index contributed by atoms with van der Waals surface area (Å²) >= 11 is 0. The maximum absolute atomic E-state index is 14.1. The fourth-order valence-corrected chi connectivity index (χ4v) is 2.95. The zero-order valence-electron chi connectivity index (χ0n) is 12.7. The highest BCUT2D eigenvalue weighted by Gasteiger charge is 2.64. The van der Waals surface area contributed by atoms with Gasteiger partial charge in [0.25, 0.3) is 6.17 Å². The highest BCUT2D eigenvalue weighted by molar-refractivity contribution is 4.98. The predicted octanol–water partition coefficient (Wildman–Crippen LogP) is 4.25. The quantitative estimate of drug-likeness (QED) is 0.512. The van der Waals surface area contributed by atoms with Crippen LogP contribution in [0, 0.1) is 0 Å². The van der Waals surface area contributed by atoms with Gasteiger partial charge in [0, 0.05) is 13.1 Å². The lowest BCUT2D eigenvalue weighted by atomic mass is 10.0. The number of likely N-dealkylation sites (tertiary alicyclic amines) is 1. The fourth-order valence-electron chi connectivity index (χ4n) is 2.95. The molecule has 0 bridgehead atoms. The molecule has 0 N–H and O–H groups in total. The molecule has 2 nitrogen and oxygen atoms in total. The first-order valence-electron chi connectivity index (χ1n) is 7.38. The van der Waals surface area contributed by atoms with Crippen LogP contribution < -0.4 is 0 Å². The lowest BCUT2D eigenvalue weighted by Crippen LogP contribution is -2.53. The van der Waals surface area contributed by atoms with Gasteiger partial charge in [0.15, 0.2) is 0 Å². The van der Waals surface area contributed by atoms with E-state index < -0.39 is 55.5 Å². The molecule has 0 spiro atoms. The Hall–Kier alpha value is -0.780. The van der Waals surface area contributed by atoms with Crippen molar-refractivity contribution in [2.75, 3.05) is 13.1 Å². The molecule has 0 amide bonds. The second-order valence-corrected chi connectivity index (χ2v) is 6.02. The summed E-state index contributed by atoms with van der Waals surface area (Å²) in [6.07, 6.45) is -18.9. The van der Waals surface area contributed by atoms with E-state index >= 15 is 0 Å². The molecular weight excluding hydrogens is 376 g/mol. The van der Waals surface area contributed by atoms with Gasteiger partial charge in [-0.1, -0.05) is 0 Å². The van der Waals surface area contributed by atoms with Crippen LogP contribution >= 0.6 is 0 Å². The highest BCUT2D eigenvalue weighted by atomic mass is 19.4. The maximum Gasteiger partial charge on any atom is 0.425 e. The third-order valence-electron chi connectivity index (χ3n) is 4.28. The molecule has 2 aliphatic heterocycles. The number of halogens is 10. The van der Waals surface area contributed by atoms with Crippen molar-refractivity contribution in [2.45, 2.75) is 68.4 Å². The van der Waals surface area contributed by atoms with Gasteiger partial charge in [-0.05, 0) is 25.7 Å². The van der Waals surface area contributed by atoms with Crippen molar-refractivity contribution in [2.24, 2.45) is 0 Å². The number of alkyl halides is 9. The fraction of sp³-hybridized carbons (Fsp3) is 1.00. The minimum Gasteiger partial charge on any atom is -0.362 e. The van der Waals surface area contributed by atoms with Gasteiger partial charge in [0.2, 0.25) is 6.30 Å². The van der Waals surface area contributed by atoms with Crippen LogP contribution in [0.4, 0.5) is 44.2 Å². The van der Waals surface area contributed by atoms with Crippen molar-refractivity contribution >= 4 is 0 Å². The molecule has 2 rings (SSSR count). The van der Waals surface area contributed by atoms with Gasteiger partial charge < -0.3 is 4.74 Å². The van der Waals surface area contributed by atoms with Crippen LogP contribution in [-0.2, 0) is 4.74 Å². The lowest BCUT2D eigenvalue weighted by molar-refractivity contribution is -0.281. The monoisotopic (exact) mass is 393 g/mol. The van der Waals surface area contributed by atoms with Crippen LogP contribution in [0.25, 0.3) is 0 Å². The van der Waals surface area contributed by atoms with Crippen LogP contribution in [0.3, 0.4) is 0 Å². The minimum atomic E-state index is -5.86. The molecule has 2 saturated heterocycles. The van der Waals surface area contributed by atoms with Crippen molar-refractivity contribution in [1.82, 2.24) is 4.90 Å². The molecule has 0 aromatic heterocycles. The van der Waals surface area contributed by atoms with E-state index in [1.54, 1.807) is 0 Å². The van der Waals surface area contributed by atoms with Gasteiger partial charge >= 0.3 is 18.0 Å². The summed E-state index contributed by atoms with van der Waals surface area (Å²) in [5.74, 6) is -9.21. The maximum atomic E-state index is 14.1. The van der Waals surface area contributed by atoms with Crippen LogP contribution in [0.1, 0.15) is 25.7 Å². The van der Waals surface area contributed by atoms with Gasteiger partial charge in [-0.2, -0.15) is 22.0 Å². The summed E-state index contributed by atoms with van der Waals surface area (Å²) in [6.45, 7) is 0.118. The lowest BCUT2D eigenvalue weighted by Gasteiger charge is -2.33. The summed E-state index contributed by atoms with van der Waals surface area (Å²) < 4.78 is 123. The third-order valence-corrected chi connectivity index (χ3v) is 4.28. The van der Waals surface area contributed by atoms with Gasteiger partial charge in [0.05, 0.1) is 0 Å². The topological polar surface area (TPSA) is 12.5 Å². The van der Waals surface area contributed by atoms with Crippen molar-refractivity contribution in [3.8, 4) is 0 Å². The van der Waals surface area contributed by atoms with E-state index in [-0.39, 0.29) is 17.8 Å². The smallest absolute Gasteiger partial charge is 0.362 e. The molecule has 4 atom stereocenters. The molecule has 0 aliphatic carbocycles. The molecule has 150 valence electrons.